The topological polar surface area (TPSA) is 212 Å². The Bertz CT molecular complexity index is 3570. The molecule has 2 aliphatic rings. The monoisotopic (exact) mass is 975 g/mol. The van der Waals surface area contributed by atoms with Crippen LogP contribution < -0.4 is 29.9 Å². The fourth-order valence-corrected chi connectivity index (χ4v) is 7.52. The number of fused-ring (bicyclic) bond motifs is 6. The molecule has 0 spiro atoms. The van der Waals surface area contributed by atoms with Crippen molar-refractivity contribution in [2.45, 2.75) is 20.0 Å². The van der Waals surface area contributed by atoms with Crippen LogP contribution in [0.4, 0.5) is 0 Å². The molecule has 0 fully saturated rings. The van der Waals surface area contributed by atoms with Gasteiger partial charge in [0.25, 0.3) is 23.6 Å². The van der Waals surface area contributed by atoms with Crippen molar-refractivity contribution in [3.63, 3.8) is 0 Å². The molecule has 0 saturated heterocycles. The molecule has 0 saturated carbocycles. The Morgan fingerprint density at radius 1 is 0.521 bits per heavy atom. The Morgan fingerprint density at radius 2 is 0.904 bits per heavy atom. The maximum absolute atomic E-state index is 12.4. The second kappa shape index (κ2) is 27.1. The molecular weight excluding hydrogens is 929 g/mol. The molecule has 0 atom stereocenters. The number of aryl methyl sites for hydroxylation is 1. The van der Waals surface area contributed by atoms with Crippen molar-refractivity contribution in [3.05, 3.63) is 239 Å². The number of nitrogens with zero attached hydrogens (tertiary/aromatic N) is 5. The average Bonchev–Trinajstić information content (AvgIpc) is 3.84. The first-order valence-corrected chi connectivity index (χ1v) is 22.0. The number of aromatic nitrogens is 4. The van der Waals surface area contributed by atoms with Crippen LogP contribution in [0.1, 0.15) is 69.9 Å². The standard InChI is InChI=1S/C18H12N2O2.C10H10N2.C10H7NO.C10H9N.C8H5NO2.CO2.Al.Li.4H/c21-17-14-5-1-2-6-15(14)18(22)20(17)11-12-7-8-16-13(10-12)4-3-9-19-16;11-7-8-3-4-10-9(6-8)2-1-5-12-10;12-7-8-3-4-10-9(6-8)2-1-5-11-10;1-8-4-5-10-9(7-8)3-2-6-11-10;10-7-5-3-1-2-4-6(5)8(11)9-7;2-1-3;;;;;;/h1-10H,11H2;1-6H,7,11H2;1-7H;2-7H,1H3;1-4H,(H,9,10,11);;;;;;;/q;;;;;;;+1;;;;-1. The number of nitrogens with one attached hydrogen (secondary N) is 1. The quantitative estimate of drug-likeness (QED) is 0.132. The smallest absolute Gasteiger partial charge is 1.00 e. The van der Waals surface area contributed by atoms with E-state index in [2.05, 4.69) is 56.4 Å². The van der Waals surface area contributed by atoms with Gasteiger partial charge in [-0.3, -0.25) is 54.1 Å². The molecule has 3 N–H and O–H groups in total. The minimum Gasteiger partial charge on any atom is -1.00 e. The maximum atomic E-state index is 12.4. The molecule has 10 aromatic rings. The molecule has 0 aliphatic carbocycles. The van der Waals surface area contributed by atoms with Crippen molar-refractivity contribution in [1.82, 2.24) is 30.2 Å². The van der Waals surface area contributed by atoms with Gasteiger partial charge in [0.1, 0.15) is 6.29 Å². The average molecular weight is 976 g/mol. The molecule has 16 heteroatoms. The first-order chi connectivity index (χ1) is 34.6. The molecular formula is C57H47AlLiN7O7. The van der Waals surface area contributed by atoms with Crippen LogP contribution in [0.15, 0.2) is 195 Å². The van der Waals surface area contributed by atoms with E-state index in [1.54, 1.807) is 73.2 Å². The van der Waals surface area contributed by atoms with E-state index in [1.807, 2.05) is 97.2 Å². The SMILES string of the molecule is Cc1ccc2ncccc2c1.NCc1ccc2ncccc2c1.O=C1NC(=O)c2ccccc21.O=C1c2ccccc2C(=O)N1Cc1ccc2ncccc2c1.O=C=O.O=Cc1ccc2ncccc2c1.[AlH3].[H-].[Li+]. The van der Waals surface area contributed by atoms with E-state index in [-0.39, 0.29) is 74.0 Å². The number of rotatable bonds is 4. The van der Waals surface area contributed by atoms with E-state index >= 15 is 0 Å². The summed E-state index contributed by atoms with van der Waals surface area (Å²) in [5.41, 5.74) is 15.4. The summed E-state index contributed by atoms with van der Waals surface area (Å²) in [7, 11) is 0. The van der Waals surface area contributed by atoms with Gasteiger partial charge in [-0.25, -0.2) is 0 Å². The number of carbonyl (C=O) groups is 5. The van der Waals surface area contributed by atoms with Crippen molar-refractivity contribution >= 4 is 97.0 Å². The Labute approximate surface area is 443 Å². The fourth-order valence-electron chi connectivity index (χ4n) is 7.52. The van der Waals surface area contributed by atoms with Crippen molar-refractivity contribution in [2.24, 2.45) is 5.73 Å². The Balaban J connectivity index is 0.000000202. The zero-order valence-corrected chi connectivity index (χ0v) is 39.1. The van der Waals surface area contributed by atoms with E-state index in [0.717, 1.165) is 55.6 Å². The zero-order valence-electron chi connectivity index (χ0n) is 40.1. The van der Waals surface area contributed by atoms with Crippen LogP contribution in [0.5, 0.6) is 0 Å². The number of aldehydes is 1. The number of carbonyl (C=O) groups excluding carboxylic acids is 7. The second-order valence-electron chi connectivity index (χ2n) is 15.7. The van der Waals surface area contributed by atoms with Crippen LogP contribution in [-0.2, 0) is 22.7 Å². The van der Waals surface area contributed by atoms with Gasteiger partial charge < -0.3 is 7.16 Å². The molecule has 0 bridgehead atoms. The van der Waals surface area contributed by atoms with E-state index < -0.39 is 0 Å². The van der Waals surface area contributed by atoms with Crippen LogP contribution in [0, 0.1) is 6.92 Å². The summed E-state index contributed by atoms with van der Waals surface area (Å²) in [5.74, 6) is -1.06. The first-order valence-electron chi connectivity index (χ1n) is 22.0. The summed E-state index contributed by atoms with van der Waals surface area (Å²) in [6.45, 7) is 2.95. The van der Waals surface area contributed by atoms with E-state index in [4.69, 9.17) is 15.3 Å². The van der Waals surface area contributed by atoms with E-state index in [1.165, 1.54) is 15.8 Å². The minimum atomic E-state index is -0.300. The van der Waals surface area contributed by atoms with Gasteiger partial charge in [-0.1, -0.05) is 72.3 Å². The zero-order chi connectivity index (χ0) is 50.1. The van der Waals surface area contributed by atoms with Crippen molar-refractivity contribution in [1.29, 1.82) is 0 Å². The van der Waals surface area contributed by atoms with Gasteiger partial charge >= 0.3 is 25.0 Å². The number of hydrogen-bond acceptors (Lipinski definition) is 12. The van der Waals surface area contributed by atoms with Gasteiger partial charge in [-0.05, 0) is 121 Å². The molecule has 6 aromatic carbocycles. The summed E-state index contributed by atoms with van der Waals surface area (Å²) in [4.78, 5) is 91.4. The van der Waals surface area contributed by atoms with Gasteiger partial charge in [0, 0.05) is 58.4 Å². The molecule has 6 heterocycles. The van der Waals surface area contributed by atoms with E-state index in [9.17, 15) is 24.0 Å². The number of nitrogens with two attached hydrogens (primary N) is 1. The predicted molar refractivity (Wildman–Crippen MR) is 280 cm³/mol. The molecule has 12 rings (SSSR count). The summed E-state index contributed by atoms with van der Waals surface area (Å²) in [6, 6.07) is 52.9. The minimum absolute atomic E-state index is 0. The molecule has 2 aliphatic heterocycles. The number of amides is 4. The largest absolute Gasteiger partial charge is 1.00 e. The summed E-state index contributed by atoms with van der Waals surface area (Å²) in [6.07, 6.45) is 8.18. The molecule has 14 nitrogen and oxygen atoms in total. The Morgan fingerprint density at radius 3 is 1.36 bits per heavy atom. The van der Waals surface area contributed by atoms with Crippen molar-refractivity contribution in [3.8, 4) is 0 Å². The third-order valence-corrected chi connectivity index (χ3v) is 11.0. The van der Waals surface area contributed by atoms with Gasteiger partial charge in [0.2, 0.25) is 0 Å². The van der Waals surface area contributed by atoms with Crippen LogP contribution >= 0.6 is 0 Å². The molecule has 356 valence electrons. The van der Waals surface area contributed by atoms with Crippen LogP contribution in [-0.4, -0.2) is 78.3 Å². The van der Waals surface area contributed by atoms with Crippen molar-refractivity contribution in [2.75, 3.05) is 0 Å². The predicted octanol–water partition coefficient (Wildman–Crippen LogP) is 5.23. The van der Waals surface area contributed by atoms with Gasteiger partial charge in [0.15, 0.2) is 17.4 Å². The maximum Gasteiger partial charge on any atom is 1.00 e. The first kappa shape index (κ1) is 55.3. The summed E-state index contributed by atoms with van der Waals surface area (Å²) < 4.78 is 0. The molecule has 0 radical (unpaired) electrons. The van der Waals surface area contributed by atoms with Gasteiger partial charge in [0.05, 0.1) is 50.9 Å². The van der Waals surface area contributed by atoms with Crippen LogP contribution in [0.3, 0.4) is 0 Å². The number of hydrogen-bond donors (Lipinski definition) is 2. The fraction of sp³-hybridized carbons (Fsp3) is 0.0526. The molecule has 4 aromatic heterocycles. The molecule has 4 amide bonds. The number of benzene rings is 6. The van der Waals surface area contributed by atoms with E-state index in [0.29, 0.717) is 34.4 Å². The van der Waals surface area contributed by atoms with Crippen LogP contribution in [0.2, 0.25) is 0 Å². The summed E-state index contributed by atoms with van der Waals surface area (Å²) >= 11 is 0. The normalized spacial score (nSPS) is 11.3. The third-order valence-electron chi connectivity index (χ3n) is 11.0. The second-order valence-corrected chi connectivity index (χ2v) is 15.7. The van der Waals surface area contributed by atoms with Crippen molar-refractivity contribution < 1.29 is 53.8 Å². The Hall–Kier alpha value is -8.62. The summed E-state index contributed by atoms with van der Waals surface area (Å²) in [5, 5.41) is 6.57. The Kier molecular flexibility index (Phi) is 20.5. The molecule has 73 heavy (non-hydrogen) atoms. The number of imide groups is 2. The molecule has 0 unspecified atom stereocenters. The third kappa shape index (κ3) is 14.3. The number of pyridine rings is 4. The van der Waals surface area contributed by atoms with Gasteiger partial charge in [-0.2, -0.15) is 9.59 Å². The van der Waals surface area contributed by atoms with Gasteiger partial charge in [-0.15, -0.1) is 0 Å². The van der Waals surface area contributed by atoms with Crippen LogP contribution in [0.25, 0.3) is 43.6 Å².